The normalized spacial score (nSPS) is 22.8. The third kappa shape index (κ3) is 4.28. The maximum absolute atomic E-state index is 13.0. The molecule has 1 aromatic rings. The number of nitrogens with zero attached hydrogens (tertiary/aromatic N) is 2. The largest absolute Gasteiger partial charge is 0.367 e. The van der Waals surface area contributed by atoms with Crippen LogP contribution >= 0.6 is 24.8 Å². The third-order valence-electron chi connectivity index (χ3n) is 4.35. The molecule has 2 unspecified atom stereocenters. The molecular formula is C16H26Cl2N4O. The van der Waals surface area contributed by atoms with E-state index < -0.39 is 0 Å². The molecule has 0 saturated carbocycles. The molecule has 2 N–H and O–H groups in total. The highest BCUT2D eigenvalue weighted by Crippen LogP contribution is 2.30. The molecule has 3 heterocycles. The molecule has 1 amide bonds. The molecule has 7 heteroatoms. The lowest BCUT2D eigenvalue weighted by Crippen LogP contribution is -2.42. The number of nitrogens with one attached hydrogen (secondary N) is 2. The quantitative estimate of drug-likeness (QED) is 0.869. The smallest absolute Gasteiger partial charge is 0.258 e. The molecule has 2 bridgehead atoms. The molecule has 0 spiro atoms. The molecule has 3 rings (SSSR count). The second kappa shape index (κ2) is 8.71. The van der Waals surface area contributed by atoms with Gasteiger partial charge in [-0.2, -0.15) is 0 Å². The second-order valence-corrected chi connectivity index (χ2v) is 6.29. The highest BCUT2D eigenvalue weighted by molar-refractivity contribution is 5.99. The van der Waals surface area contributed by atoms with Gasteiger partial charge in [0.25, 0.3) is 5.91 Å². The van der Waals surface area contributed by atoms with Gasteiger partial charge in [-0.15, -0.1) is 24.8 Å². The summed E-state index contributed by atoms with van der Waals surface area (Å²) < 4.78 is 0. The minimum atomic E-state index is 0. The zero-order chi connectivity index (χ0) is 14.8. The Balaban J connectivity index is 0.00000132. The van der Waals surface area contributed by atoms with Crippen LogP contribution in [0.15, 0.2) is 18.3 Å². The van der Waals surface area contributed by atoms with Gasteiger partial charge in [0.15, 0.2) is 0 Å². The topological polar surface area (TPSA) is 57.3 Å². The van der Waals surface area contributed by atoms with Crippen LogP contribution in [0.2, 0.25) is 0 Å². The summed E-state index contributed by atoms with van der Waals surface area (Å²) >= 11 is 0. The van der Waals surface area contributed by atoms with E-state index in [2.05, 4.69) is 34.4 Å². The average molecular weight is 361 g/mol. The molecule has 23 heavy (non-hydrogen) atoms. The molecule has 2 atom stereocenters. The van der Waals surface area contributed by atoms with E-state index in [1.165, 1.54) is 0 Å². The van der Waals surface area contributed by atoms with Gasteiger partial charge in [-0.1, -0.05) is 0 Å². The summed E-state index contributed by atoms with van der Waals surface area (Å²) in [5.41, 5.74) is 0.699. The van der Waals surface area contributed by atoms with Crippen molar-refractivity contribution < 1.29 is 4.79 Å². The molecule has 2 aliphatic heterocycles. The Bertz CT molecular complexity index is 513. The molecule has 5 nitrogen and oxygen atoms in total. The van der Waals surface area contributed by atoms with Crippen molar-refractivity contribution >= 4 is 36.5 Å². The number of fused-ring (bicyclic) bond motifs is 2. The van der Waals surface area contributed by atoms with Gasteiger partial charge in [0.05, 0.1) is 5.56 Å². The number of rotatable bonds is 3. The van der Waals surface area contributed by atoms with Crippen molar-refractivity contribution in [2.24, 2.45) is 0 Å². The van der Waals surface area contributed by atoms with E-state index in [0.717, 1.165) is 32.4 Å². The summed E-state index contributed by atoms with van der Waals surface area (Å²) in [7, 11) is 0. The van der Waals surface area contributed by atoms with Crippen LogP contribution in [0.1, 0.15) is 43.5 Å². The first-order valence-electron chi connectivity index (χ1n) is 7.91. The SMILES string of the molecule is CC(C)Nc1ncccc1C(=O)N1C2CCNCC1CC2.Cl.Cl. The summed E-state index contributed by atoms with van der Waals surface area (Å²) in [5, 5.41) is 6.72. The van der Waals surface area contributed by atoms with Crippen LogP contribution < -0.4 is 10.6 Å². The van der Waals surface area contributed by atoms with Gasteiger partial charge in [0.1, 0.15) is 5.82 Å². The molecule has 1 aromatic heterocycles. The summed E-state index contributed by atoms with van der Waals surface area (Å²) in [6.07, 6.45) is 5.03. The fourth-order valence-electron chi connectivity index (χ4n) is 3.42. The van der Waals surface area contributed by atoms with Crippen LogP contribution in [0, 0.1) is 0 Å². The molecular weight excluding hydrogens is 335 g/mol. The first-order chi connectivity index (χ1) is 10.2. The maximum Gasteiger partial charge on any atom is 0.258 e. The van der Waals surface area contributed by atoms with Crippen LogP contribution in [-0.2, 0) is 0 Å². The van der Waals surface area contributed by atoms with E-state index in [0.29, 0.717) is 23.5 Å². The fourth-order valence-corrected chi connectivity index (χ4v) is 3.42. The fraction of sp³-hybridized carbons (Fsp3) is 0.625. The predicted octanol–water partition coefficient (Wildman–Crippen LogP) is 2.71. The van der Waals surface area contributed by atoms with Crippen LogP contribution in [0.4, 0.5) is 5.82 Å². The number of amides is 1. The van der Waals surface area contributed by atoms with Crippen molar-refractivity contribution in [2.45, 2.75) is 51.2 Å². The van der Waals surface area contributed by atoms with Gasteiger partial charge in [-0.05, 0) is 51.8 Å². The lowest BCUT2D eigenvalue weighted by Gasteiger charge is -2.28. The van der Waals surface area contributed by atoms with Gasteiger partial charge < -0.3 is 15.5 Å². The number of anilines is 1. The van der Waals surface area contributed by atoms with Crippen molar-refractivity contribution in [2.75, 3.05) is 18.4 Å². The average Bonchev–Trinajstić information content (AvgIpc) is 2.71. The van der Waals surface area contributed by atoms with Gasteiger partial charge in [-0.3, -0.25) is 4.79 Å². The van der Waals surface area contributed by atoms with E-state index in [4.69, 9.17) is 0 Å². The van der Waals surface area contributed by atoms with Gasteiger partial charge in [-0.25, -0.2) is 4.98 Å². The van der Waals surface area contributed by atoms with Crippen molar-refractivity contribution in [3.05, 3.63) is 23.9 Å². The molecule has 130 valence electrons. The minimum Gasteiger partial charge on any atom is -0.367 e. The summed E-state index contributed by atoms with van der Waals surface area (Å²) in [5.74, 6) is 0.830. The summed E-state index contributed by atoms with van der Waals surface area (Å²) in [6, 6.07) is 4.70. The van der Waals surface area contributed by atoms with E-state index in [9.17, 15) is 4.79 Å². The Morgan fingerprint density at radius 2 is 2.04 bits per heavy atom. The summed E-state index contributed by atoms with van der Waals surface area (Å²) in [6.45, 7) is 6.04. The van der Waals surface area contributed by atoms with Crippen molar-refractivity contribution in [3.63, 3.8) is 0 Å². The Morgan fingerprint density at radius 1 is 1.30 bits per heavy atom. The van der Waals surface area contributed by atoms with Crippen molar-refractivity contribution in [1.29, 1.82) is 0 Å². The molecule has 0 aromatic carbocycles. The molecule has 2 aliphatic rings. The first-order valence-corrected chi connectivity index (χ1v) is 7.91. The number of aromatic nitrogens is 1. The second-order valence-electron chi connectivity index (χ2n) is 6.29. The number of carbonyl (C=O) groups is 1. The molecule has 2 saturated heterocycles. The van der Waals surface area contributed by atoms with E-state index in [1.54, 1.807) is 6.20 Å². The Labute approximate surface area is 150 Å². The number of pyridine rings is 1. The monoisotopic (exact) mass is 360 g/mol. The minimum absolute atomic E-state index is 0. The maximum atomic E-state index is 13.0. The van der Waals surface area contributed by atoms with Crippen LogP contribution in [-0.4, -0.2) is 47.0 Å². The first kappa shape index (κ1) is 20.0. The number of hydrogen-bond acceptors (Lipinski definition) is 4. The third-order valence-corrected chi connectivity index (χ3v) is 4.35. The highest BCUT2D eigenvalue weighted by Gasteiger charge is 2.39. The van der Waals surface area contributed by atoms with Gasteiger partial charge in [0.2, 0.25) is 0 Å². The molecule has 0 radical (unpaired) electrons. The lowest BCUT2D eigenvalue weighted by molar-refractivity contribution is 0.0681. The van der Waals surface area contributed by atoms with Crippen molar-refractivity contribution in [3.8, 4) is 0 Å². The zero-order valence-electron chi connectivity index (χ0n) is 13.6. The predicted molar refractivity (Wildman–Crippen MR) is 98.0 cm³/mol. The number of hydrogen-bond donors (Lipinski definition) is 2. The zero-order valence-corrected chi connectivity index (χ0v) is 15.3. The molecule has 0 aliphatic carbocycles. The van der Waals surface area contributed by atoms with E-state index in [1.807, 2.05) is 12.1 Å². The highest BCUT2D eigenvalue weighted by atomic mass is 35.5. The summed E-state index contributed by atoms with van der Waals surface area (Å²) in [4.78, 5) is 19.5. The Morgan fingerprint density at radius 3 is 2.78 bits per heavy atom. The lowest BCUT2D eigenvalue weighted by atomic mass is 10.1. The Kier molecular flexibility index (Phi) is 7.58. The number of halogens is 2. The standard InChI is InChI=1S/C16H24N4O.2ClH/c1-11(2)19-15-14(4-3-8-18-15)16(21)20-12-5-6-13(20)10-17-9-7-12;;/h3-4,8,11-13,17H,5-7,9-10H2,1-2H3,(H,18,19);2*1H. The van der Waals surface area contributed by atoms with E-state index in [-0.39, 0.29) is 36.8 Å². The van der Waals surface area contributed by atoms with Crippen LogP contribution in [0.5, 0.6) is 0 Å². The Hall–Kier alpha value is -1.04. The van der Waals surface area contributed by atoms with Crippen LogP contribution in [0.3, 0.4) is 0 Å². The van der Waals surface area contributed by atoms with Crippen LogP contribution in [0.25, 0.3) is 0 Å². The van der Waals surface area contributed by atoms with Crippen molar-refractivity contribution in [1.82, 2.24) is 15.2 Å². The molecule has 2 fully saturated rings. The van der Waals surface area contributed by atoms with E-state index >= 15 is 0 Å². The number of carbonyl (C=O) groups excluding carboxylic acids is 1. The van der Waals surface area contributed by atoms with Gasteiger partial charge >= 0.3 is 0 Å². The van der Waals surface area contributed by atoms with Gasteiger partial charge in [0, 0.05) is 30.9 Å².